The van der Waals surface area contributed by atoms with Gasteiger partial charge >= 0.3 is 0 Å². The molecular formula is C14H18ClNO3. The normalized spacial score (nSPS) is 14.3. The molecule has 1 amide bonds. The summed E-state index contributed by atoms with van der Waals surface area (Å²) in [5.41, 5.74) is 0.918. The van der Waals surface area contributed by atoms with Crippen LogP contribution in [0.25, 0.3) is 0 Å². The first-order chi connectivity index (χ1) is 9.11. The van der Waals surface area contributed by atoms with Crippen molar-refractivity contribution in [3.05, 3.63) is 28.8 Å². The first-order valence-corrected chi connectivity index (χ1v) is 6.79. The Labute approximate surface area is 117 Å². The average Bonchev–Trinajstić information content (AvgIpc) is 3.21. The lowest BCUT2D eigenvalue weighted by Gasteiger charge is -2.21. The lowest BCUT2D eigenvalue weighted by molar-refractivity contribution is -0.134. The van der Waals surface area contributed by atoms with Crippen LogP contribution in [-0.4, -0.2) is 41.7 Å². The third-order valence-electron chi connectivity index (χ3n) is 3.14. The number of carbonyl (C=O) groups is 1. The van der Waals surface area contributed by atoms with E-state index < -0.39 is 0 Å². The molecule has 0 heterocycles. The van der Waals surface area contributed by atoms with Crippen molar-refractivity contribution in [2.75, 3.05) is 19.8 Å². The van der Waals surface area contributed by atoms with Crippen LogP contribution in [0, 0.1) is 6.92 Å². The molecule has 2 rings (SSSR count). The minimum Gasteiger partial charge on any atom is -0.484 e. The minimum absolute atomic E-state index is 0.00241. The van der Waals surface area contributed by atoms with Gasteiger partial charge in [0.05, 0.1) is 6.61 Å². The van der Waals surface area contributed by atoms with Gasteiger partial charge in [0.1, 0.15) is 5.75 Å². The average molecular weight is 284 g/mol. The summed E-state index contributed by atoms with van der Waals surface area (Å²) in [7, 11) is 0. The molecule has 0 saturated heterocycles. The maximum atomic E-state index is 12.0. The second-order valence-corrected chi connectivity index (χ2v) is 5.15. The standard InChI is InChI=1S/C14H18ClNO3/c1-10-8-12(4-5-13(10)15)19-9-14(18)16(6-7-17)11-2-3-11/h4-5,8,11,17H,2-3,6-7,9H2,1H3. The van der Waals surface area contributed by atoms with Crippen LogP contribution >= 0.6 is 11.6 Å². The van der Waals surface area contributed by atoms with Gasteiger partial charge in [0.15, 0.2) is 6.61 Å². The second kappa shape index (κ2) is 6.26. The predicted octanol–water partition coefficient (Wildman–Crippen LogP) is 2.01. The second-order valence-electron chi connectivity index (χ2n) is 4.74. The summed E-state index contributed by atoms with van der Waals surface area (Å²) in [5, 5.41) is 9.64. The molecule has 0 bridgehead atoms. The van der Waals surface area contributed by atoms with Gasteiger partial charge in [-0.2, -0.15) is 0 Å². The van der Waals surface area contributed by atoms with Gasteiger partial charge in [0, 0.05) is 17.6 Å². The van der Waals surface area contributed by atoms with Crippen molar-refractivity contribution < 1.29 is 14.6 Å². The third kappa shape index (κ3) is 3.85. The van der Waals surface area contributed by atoms with E-state index in [1.54, 1.807) is 17.0 Å². The van der Waals surface area contributed by atoms with Crippen molar-refractivity contribution in [1.29, 1.82) is 0 Å². The van der Waals surface area contributed by atoms with E-state index in [2.05, 4.69) is 0 Å². The molecule has 104 valence electrons. The SMILES string of the molecule is Cc1cc(OCC(=O)N(CCO)C2CC2)ccc1Cl. The number of hydrogen-bond donors (Lipinski definition) is 1. The highest BCUT2D eigenvalue weighted by Crippen LogP contribution is 2.27. The van der Waals surface area contributed by atoms with Crippen molar-refractivity contribution in [3.63, 3.8) is 0 Å². The number of amides is 1. The van der Waals surface area contributed by atoms with E-state index in [9.17, 15) is 4.79 Å². The van der Waals surface area contributed by atoms with Crippen LogP contribution in [0.1, 0.15) is 18.4 Å². The molecule has 5 heteroatoms. The Balaban J connectivity index is 1.89. The largest absolute Gasteiger partial charge is 0.484 e. The molecule has 1 aromatic rings. The zero-order valence-electron chi connectivity index (χ0n) is 10.9. The van der Waals surface area contributed by atoms with Crippen molar-refractivity contribution >= 4 is 17.5 Å². The van der Waals surface area contributed by atoms with Crippen molar-refractivity contribution in [2.45, 2.75) is 25.8 Å². The molecule has 0 unspecified atom stereocenters. The van der Waals surface area contributed by atoms with Gasteiger partial charge in [0.2, 0.25) is 0 Å². The molecule has 1 saturated carbocycles. The summed E-state index contributed by atoms with van der Waals surface area (Å²) in [6.07, 6.45) is 2.04. The Bertz CT molecular complexity index is 460. The first kappa shape index (κ1) is 14.2. The fraction of sp³-hybridized carbons (Fsp3) is 0.500. The lowest BCUT2D eigenvalue weighted by Crippen LogP contribution is -2.38. The maximum absolute atomic E-state index is 12.0. The zero-order chi connectivity index (χ0) is 13.8. The molecule has 1 fully saturated rings. The van der Waals surface area contributed by atoms with Gasteiger partial charge in [-0.3, -0.25) is 4.79 Å². The van der Waals surface area contributed by atoms with E-state index in [0.717, 1.165) is 18.4 Å². The number of aliphatic hydroxyl groups excluding tert-OH is 1. The van der Waals surface area contributed by atoms with Gasteiger partial charge in [-0.1, -0.05) is 11.6 Å². The van der Waals surface area contributed by atoms with Crippen molar-refractivity contribution in [1.82, 2.24) is 4.90 Å². The van der Waals surface area contributed by atoms with E-state index >= 15 is 0 Å². The minimum atomic E-state index is -0.0795. The smallest absolute Gasteiger partial charge is 0.260 e. The first-order valence-electron chi connectivity index (χ1n) is 6.41. The predicted molar refractivity (Wildman–Crippen MR) is 73.5 cm³/mol. The fourth-order valence-electron chi connectivity index (χ4n) is 1.94. The third-order valence-corrected chi connectivity index (χ3v) is 3.56. The number of hydrogen-bond acceptors (Lipinski definition) is 3. The quantitative estimate of drug-likeness (QED) is 0.869. The van der Waals surface area contributed by atoms with Crippen LogP contribution in [0.4, 0.5) is 0 Å². The number of benzene rings is 1. The van der Waals surface area contributed by atoms with E-state index in [4.69, 9.17) is 21.4 Å². The molecule has 0 radical (unpaired) electrons. The Morgan fingerprint density at radius 2 is 2.26 bits per heavy atom. The Morgan fingerprint density at radius 1 is 1.53 bits per heavy atom. The molecule has 1 aliphatic rings. The monoisotopic (exact) mass is 283 g/mol. The van der Waals surface area contributed by atoms with E-state index in [1.807, 2.05) is 13.0 Å². The molecule has 19 heavy (non-hydrogen) atoms. The summed E-state index contributed by atoms with van der Waals surface area (Å²) >= 11 is 5.93. The number of aliphatic hydroxyl groups is 1. The zero-order valence-corrected chi connectivity index (χ0v) is 11.7. The van der Waals surface area contributed by atoms with Gasteiger partial charge < -0.3 is 14.7 Å². The topological polar surface area (TPSA) is 49.8 Å². The van der Waals surface area contributed by atoms with Crippen LogP contribution in [-0.2, 0) is 4.79 Å². The lowest BCUT2D eigenvalue weighted by atomic mass is 10.2. The van der Waals surface area contributed by atoms with Crippen LogP contribution < -0.4 is 4.74 Å². The highest BCUT2D eigenvalue weighted by molar-refractivity contribution is 6.31. The molecule has 0 aromatic heterocycles. The number of rotatable bonds is 6. The molecule has 4 nitrogen and oxygen atoms in total. The number of ether oxygens (including phenoxy) is 1. The summed E-state index contributed by atoms with van der Waals surface area (Å²) in [5.74, 6) is 0.555. The highest BCUT2D eigenvalue weighted by atomic mass is 35.5. The highest BCUT2D eigenvalue weighted by Gasteiger charge is 2.32. The van der Waals surface area contributed by atoms with Crippen LogP contribution in [0.15, 0.2) is 18.2 Å². The molecule has 1 N–H and O–H groups in total. The summed E-state index contributed by atoms with van der Waals surface area (Å²) in [6, 6.07) is 5.60. The summed E-state index contributed by atoms with van der Waals surface area (Å²) < 4.78 is 5.48. The Kier molecular flexibility index (Phi) is 4.66. The number of nitrogens with zero attached hydrogens (tertiary/aromatic N) is 1. The fourth-order valence-corrected chi connectivity index (χ4v) is 2.06. The van der Waals surface area contributed by atoms with Gasteiger partial charge in [-0.25, -0.2) is 0 Å². The summed E-state index contributed by atoms with van der Waals surface area (Å²) in [6.45, 7) is 2.26. The Hall–Kier alpha value is -1.26. The van der Waals surface area contributed by atoms with E-state index in [0.29, 0.717) is 17.3 Å². The summed E-state index contributed by atoms with van der Waals surface area (Å²) in [4.78, 5) is 13.7. The molecule has 0 spiro atoms. The van der Waals surface area contributed by atoms with Crippen LogP contribution in [0.2, 0.25) is 5.02 Å². The van der Waals surface area contributed by atoms with Gasteiger partial charge in [-0.05, 0) is 43.5 Å². The van der Waals surface area contributed by atoms with E-state index in [1.165, 1.54) is 0 Å². The number of aryl methyl sites for hydroxylation is 1. The maximum Gasteiger partial charge on any atom is 0.260 e. The molecule has 0 aliphatic heterocycles. The number of halogens is 1. The van der Waals surface area contributed by atoms with Crippen LogP contribution in [0.5, 0.6) is 5.75 Å². The molecular weight excluding hydrogens is 266 g/mol. The van der Waals surface area contributed by atoms with Gasteiger partial charge in [-0.15, -0.1) is 0 Å². The van der Waals surface area contributed by atoms with Crippen molar-refractivity contribution in [2.24, 2.45) is 0 Å². The van der Waals surface area contributed by atoms with Gasteiger partial charge in [0.25, 0.3) is 5.91 Å². The van der Waals surface area contributed by atoms with Crippen LogP contribution in [0.3, 0.4) is 0 Å². The number of carbonyl (C=O) groups excluding carboxylic acids is 1. The molecule has 1 aromatic carbocycles. The molecule has 1 aliphatic carbocycles. The molecule has 0 atom stereocenters. The van der Waals surface area contributed by atoms with E-state index in [-0.39, 0.29) is 25.2 Å². The Morgan fingerprint density at radius 3 is 2.84 bits per heavy atom. The van der Waals surface area contributed by atoms with Crippen molar-refractivity contribution in [3.8, 4) is 5.75 Å².